The van der Waals surface area contributed by atoms with Crippen molar-refractivity contribution in [2.24, 2.45) is 11.8 Å². The van der Waals surface area contributed by atoms with Gasteiger partial charge in [0.2, 0.25) is 0 Å². The summed E-state index contributed by atoms with van der Waals surface area (Å²) in [6, 6.07) is 8.82. The first-order valence-electron chi connectivity index (χ1n) is 8.58. The van der Waals surface area contributed by atoms with Crippen molar-refractivity contribution in [2.75, 3.05) is 20.2 Å². The van der Waals surface area contributed by atoms with Gasteiger partial charge in [0.15, 0.2) is 0 Å². The summed E-state index contributed by atoms with van der Waals surface area (Å²) >= 11 is 0. The first-order chi connectivity index (χ1) is 10.2. The molecule has 1 aromatic carbocycles. The first-order valence-corrected chi connectivity index (χ1v) is 8.58. The molecule has 1 aliphatic carbocycles. The average molecular weight is 289 g/mol. The van der Waals surface area contributed by atoms with Crippen molar-refractivity contribution in [1.29, 1.82) is 0 Å². The Hall–Kier alpha value is -1.02. The summed E-state index contributed by atoms with van der Waals surface area (Å²) in [4.78, 5) is 0. The predicted molar refractivity (Wildman–Crippen MR) is 90.0 cm³/mol. The van der Waals surface area contributed by atoms with E-state index in [0.717, 1.165) is 24.8 Å². The second-order valence-electron chi connectivity index (χ2n) is 6.84. The molecule has 0 amide bonds. The zero-order valence-electron chi connectivity index (χ0n) is 13.9. The lowest BCUT2D eigenvalue weighted by atomic mass is 9.77. The monoisotopic (exact) mass is 289 g/mol. The summed E-state index contributed by atoms with van der Waals surface area (Å²) in [5.41, 5.74) is 1.47. The molecule has 2 rings (SSSR count). The molecule has 1 aliphatic rings. The van der Waals surface area contributed by atoms with Crippen molar-refractivity contribution < 1.29 is 4.74 Å². The number of nitrogens with one attached hydrogen (secondary N) is 1. The summed E-state index contributed by atoms with van der Waals surface area (Å²) in [5, 5.41) is 3.39. The fourth-order valence-corrected chi connectivity index (χ4v) is 3.39. The molecule has 1 fully saturated rings. The molecule has 0 aromatic heterocycles. The molecule has 1 atom stereocenters. The molecule has 1 N–H and O–H groups in total. The number of benzene rings is 1. The van der Waals surface area contributed by atoms with Gasteiger partial charge in [0.05, 0.1) is 6.61 Å². The molecule has 1 unspecified atom stereocenters. The Morgan fingerprint density at radius 3 is 2.33 bits per heavy atom. The molecule has 0 heterocycles. The van der Waals surface area contributed by atoms with Gasteiger partial charge in [0.25, 0.3) is 0 Å². The second-order valence-corrected chi connectivity index (χ2v) is 6.84. The minimum absolute atomic E-state index is 0.573. The number of rotatable bonds is 7. The molecule has 118 valence electrons. The van der Waals surface area contributed by atoms with Gasteiger partial charge in [-0.3, -0.25) is 0 Å². The lowest BCUT2D eigenvalue weighted by Gasteiger charge is -2.30. The fourth-order valence-electron chi connectivity index (χ4n) is 3.39. The van der Waals surface area contributed by atoms with Crippen LogP contribution in [0, 0.1) is 11.8 Å². The van der Waals surface area contributed by atoms with E-state index in [4.69, 9.17) is 4.74 Å². The Morgan fingerprint density at radius 2 is 1.76 bits per heavy atom. The molecule has 1 saturated carbocycles. The standard InChI is InChI=1S/C19H31NO/c1-15(2)14-21-18-11-9-17(10-12-18)19(13-20-3)16-7-5-4-6-8-16/h9-12,15-16,19-20H,4-8,13-14H2,1-3H3. The van der Waals surface area contributed by atoms with Crippen LogP contribution >= 0.6 is 0 Å². The van der Waals surface area contributed by atoms with Gasteiger partial charge < -0.3 is 10.1 Å². The van der Waals surface area contributed by atoms with Crippen LogP contribution in [0.15, 0.2) is 24.3 Å². The van der Waals surface area contributed by atoms with Gasteiger partial charge in [0.1, 0.15) is 5.75 Å². The molecule has 0 spiro atoms. The van der Waals surface area contributed by atoms with Crippen LogP contribution in [0.3, 0.4) is 0 Å². The van der Waals surface area contributed by atoms with Crippen LogP contribution in [-0.2, 0) is 0 Å². The third-order valence-electron chi connectivity index (χ3n) is 4.53. The molecular formula is C19H31NO. The van der Waals surface area contributed by atoms with Crippen LogP contribution in [0.2, 0.25) is 0 Å². The Labute approximate surface area is 130 Å². The van der Waals surface area contributed by atoms with Crippen molar-refractivity contribution in [2.45, 2.75) is 51.9 Å². The predicted octanol–water partition coefficient (Wildman–Crippen LogP) is 4.60. The lowest BCUT2D eigenvalue weighted by Crippen LogP contribution is -2.25. The highest BCUT2D eigenvalue weighted by Gasteiger charge is 2.24. The van der Waals surface area contributed by atoms with Crippen LogP contribution in [0.5, 0.6) is 5.75 Å². The molecule has 21 heavy (non-hydrogen) atoms. The van der Waals surface area contributed by atoms with E-state index in [2.05, 4.69) is 50.5 Å². The Morgan fingerprint density at radius 1 is 1.10 bits per heavy atom. The van der Waals surface area contributed by atoms with Crippen molar-refractivity contribution in [1.82, 2.24) is 5.32 Å². The maximum Gasteiger partial charge on any atom is 0.119 e. The van der Waals surface area contributed by atoms with Crippen LogP contribution in [0.1, 0.15) is 57.4 Å². The summed E-state index contributed by atoms with van der Waals surface area (Å²) < 4.78 is 5.79. The van der Waals surface area contributed by atoms with E-state index in [9.17, 15) is 0 Å². The van der Waals surface area contributed by atoms with Gasteiger partial charge in [-0.25, -0.2) is 0 Å². The van der Waals surface area contributed by atoms with E-state index in [1.807, 2.05) is 0 Å². The zero-order valence-corrected chi connectivity index (χ0v) is 13.9. The van der Waals surface area contributed by atoms with Crippen LogP contribution in [0.25, 0.3) is 0 Å². The van der Waals surface area contributed by atoms with Crippen molar-refractivity contribution in [3.05, 3.63) is 29.8 Å². The highest BCUT2D eigenvalue weighted by atomic mass is 16.5. The zero-order chi connectivity index (χ0) is 15.1. The minimum atomic E-state index is 0.573. The van der Waals surface area contributed by atoms with Gasteiger partial charge in [-0.2, -0.15) is 0 Å². The maximum atomic E-state index is 5.79. The van der Waals surface area contributed by atoms with Crippen molar-refractivity contribution in [3.63, 3.8) is 0 Å². The molecule has 1 aromatic rings. The summed E-state index contributed by atoms with van der Waals surface area (Å²) in [6.07, 6.45) is 7.00. The fraction of sp³-hybridized carbons (Fsp3) is 0.684. The smallest absolute Gasteiger partial charge is 0.119 e. The Kier molecular flexibility index (Phi) is 6.56. The molecular weight excluding hydrogens is 258 g/mol. The molecule has 2 heteroatoms. The first kappa shape index (κ1) is 16.4. The number of ether oxygens (including phenoxy) is 1. The van der Waals surface area contributed by atoms with Gasteiger partial charge in [-0.1, -0.05) is 45.2 Å². The maximum absolute atomic E-state index is 5.79. The van der Waals surface area contributed by atoms with Gasteiger partial charge in [-0.15, -0.1) is 0 Å². The third-order valence-corrected chi connectivity index (χ3v) is 4.53. The SMILES string of the molecule is CNCC(c1ccc(OCC(C)C)cc1)C1CCCCC1. The molecule has 0 bridgehead atoms. The van der Waals surface area contributed by atoms with E-state index >= 15 is 0 Å². The van der Waals surface area contributed by atoms with Crippen LogP contribution < -0.4 is 10.1 Å². The van der Waals surface area contributed by atoms with E-state index in [1.54, 1.807) is 0 Å². The topological polar surface area (TPSA) is 21.3 Å². The summed E-state index contributed by atoms with van der Waals surface area (Å²) in [6.45, 7) is 6.24. The van der Waals surface area contributed by atoms with Crippen LogP contribution in [-0.4, -0.2) is 20.2 Å². The van der Waals surface area contributed by atoms with Gasteiger partial charge in [-0.05, 0) is 55.3 Å². The number of likely N-dealkylation sites (N-methyl/N-ethyl adjacent to an activating group) is 1. The van der Waals surface area contributed by atoms with E-state index in [1.165, 1.54) is 37.7 Å². The molecule has 2 nitrogen and oxygen atoms in total. The Balaban J connectivity index is 2.02. The van der Waals surface area contributed by atoms with Crippen molar-refractivity contribution in [3.8, 4) is 5.75 Å². The molecule has 0 radical (unpaired) electrons. The van der Waals surface area contributed by atoms with Gasteiger partial charge in [0, 0.05) is 6.54 Å². The lowest BCUT2D eigenvalue weighted by molar-refractivity contribution is 0.270. The van der Waals surface area contributed by atoms with E-state index < -0.39 is 0 Å². The van der Waals surface area contributed by atoms with Gasteiger partial charge >= 0.3 is 0 Å². The van der Waals surface area contributed by atoms with Crippen molar-refractivity contribution >= 4 is 0 Å². The normalized spacial score (nSPS) is 17.9. The number of hydrogen-bond acceptors (Lipinski definition) is 2. The Bertz CT molecular complexity index is 393. The average Bonchev–Trinajstić information content (AvgIpc) is 2.52. The van der Waals surface area contributed by atoms with E-state index in [0.29, 0.717) is 11.8 Å². The summed E-state index contributed by atoms with van der Waals surface area (Å²) in [5.74, 6) is 3.06. The highest BCUT2D eigenvalue weighted by molar-refractivity contribution is 5.30. The number of hydrogen-bond donors (Lipinski definition) is 1. The molecule has 0 saturated heterocycles. The van der Waals surface area contributed by atoms with Crippen LogP contribution in [0.4, 0.5) is 0 Å². The van der Waals surface area contributed by atoms with E-state index in [-0.39, 0.29) is 0 Å². The second kappa shape index (κ2) is 8.43. The largest absolute Gasteiger partial charge is 0.493 e. The minimum Gasteiger partial charge on any atom is -0.493 e. The molecule has 0 aliphatic heterocycles. The highest BCUT2D eigenvalue weighted by Crippen LogP contribution is 2.36. The quantitative estimate of drug-likeness (QED) is 0.791. The summed E-state index contributed by atoms with van der Waals surface area (Å²) in [7, 11) is 2.07. The third kappa shape index (κ3) is 5.03.